The minimum atomic E-state index is -0.970. The lowest BCUT2D eigenvalue weighted by Gasteiger charge is -2.34. The van der Waals surface area contributed by atoms with E-state index in [0.29, 0.717) is 97.5 Å². The van der Waals surface area contributed by atoms with Crippen molar-refractivity contribution < 1.29 is 81.5 Å². The van der Waals surface area contributed by atoms with E-state index in [1.807, 2.05) is 165 Å². The average Bonchev–Trinajstić information content (AvgIpc) is 1.63. The molecule has 12 rings (SSSR count). The number of nitrogens with zero attached hydrogens (tertiary/aromatic N) is 5. The zero-order valence-electron chi connectivity index (χ0n) is 88.2. The first-order valence-corrected chi connectivity index (χ1v) is 54.4. The second-order valence-corrected chi connectivity index (χ2v) is 51.3. The molecule has 7 fully saturated rings. The number of methoxy groups -OCH3 is 4. The predicted molar refractivity (Wildman–Crippen MR) is 570 cm³/mol. The maximum atomic E-state index is 14.1. The molecule has 23 nitrogen and oxygen atoms in total. The summed E-state index contributed by atoms with van der Waals surface area (Å²) >= 11 is 9.76. The third-order valence-corrected chi connectivity index (χ3v) is 30.4. The highest BCUT2D eigenvalue weighted by atomic mass is 79.9. The molecular weight excluding hydrogens is 1930 g/mol. The normalized spacial score (nSPS) is 19.9. The first-order valence-electron chi connectivity index (χ1n) is 49.5. The van der Waals surface area contributed by atoms with Crippen LogP contribution in [0, 0.1) is 122 Å². The third-order valence-electron chi connectivity index (χ3n) is 24.4. The molecule has 7 heterocycles. The van der Waals surface area contributed by atoms with Crippen LogP contribution in [0.5, 0.6) is 0 Å². The number of likely N-dealkylation sites (tertiary alicyclic amines) is 2. The van der Waals surface area contributed by atoms with Crippen molar-refractivity contribution in [3.8, 4) is 59.2 Å². The topological polar surface area (TPSA) is 275 Å². The number of carbonyl (C=O) groups is 10. The molecule has 5 amide bonds. The lowest BCUT2D eigenvalue weighted by Crippen LogP contribution is -2.47. The molecule has 5 saturated carbocycles. The van der Waals surface area contributed by atoms with Crippen molar-refractivity contribution in [2.75, 3.05) is 74.6 Å². The van der Waals surface area contributed by atoms with E-state index in [9.17, 15) is 53.1 Å². The molecule has 0 bridgehead atoms. The molecule has 0 spiro atoms. The maximum Gasteiger partial charge on any atom is 0.410 e. The van der Waals surface area contributed by atoms with Gasteiger partial charge in [-0.05, 0) is 325 Å². The summed E-state index contributed by atoms with van der Waals surface area (Å²) in [6.07, 6.45) is 20.8. The molecule has 0 radical (unpaired) electrons. The number of anilines is 4. The molecule has 2 saturated heterocycles. The maximum absolute atomic E-state index is 14.1. The van der Waals surface area contributed by atoms with Gasteiger partial charge in [0.25, 0.3) is 0 Å². The van der Waals surface area contributed by atoms with Crippen LogP contribution in [-0.2, 0) is 42.8 Å². The van der Waals surface area contributed by atoms with Crippen molar-refractivity contribution in [3.63, 3.8) is 0 Å². The fourth-order valence-electron chi connectivity index (χ4n) is 17.2. The van der Waals surface area contributed by atoms with Crippen molar-refractivity contribution in [3.05, 3.63) is 83.6 Å². The number of rotatable bonds is 16. The van der Waals surface area contributed by atoms with Crippen LogP contribution < -0.4 is 20.0 Å². The summed E-state index contributed by atoms with van der Waals surface area (Å²) in [5, 5.41) is 13.2. The van der Waals surface area contributed by atoms with Gasteiger partial charge in [-0.2, -0.15) is 0 Å². The smallest absolute Gasteiger partial charge is 0.410 e. The van der Waals surface area contributed by atoms with Crippen molar-refractivity contribution in [1.29, 1.82) is 0 Å². The van der Waals surface area contributed by atoms with Gasteiger partial charge in [-0.3, -0.25) is 14.4 Å². The highest BCUT2D eigenvalue weighted by Crippen LogP contribution is 2.45. The van der Waals surface area contributed by atoms with E-state index in [1.54, 1.807) is 14.7 Å². The first kappa shape index (κ1) is 116. The van der Waals surface area contributed by atoms with Gasteiger partial charge in [0.1, 0.15) is 35.6 Å². The Morgan fingerprint density at radius 3 is 0.964 bits per heavy atom. The van der Waals surface area contributed by atoms with E-state index in [1.165, 1.54) is 85.1 Å². The van der Waals surface area contributed by atoms with Gasteiger partial charge in [0.2, 0.25) is 17.7 Å². The predicted octanol–water partition coefficient (Wildman–Crippen LogP) is 26.1. The summed E-state index contributed by atoms with van der Waals surface area (Å²) in [4.78, 5) is 142. The monoisotopic (exact) mass is 2080 g/mol. The number of hydrogen-bond donors (Lipinski definition) is 2. The van der Waals surface area contributed by atoms with Crippen molar-refractivity contribution >= 4 is 155 Å². The molecule has 2 atom stereocenters. The number of thiophene rings is 5. The lowest BCUT2D eigenvalue weighted by molar-refractivity contribution is -0.124. The number of aromatic carboxylic acids is 1. The van der Waals surface area contributed by atoms with Gasteiger partial charge in [-0.25, -0.2) is 33.6 Å². The van der Waals surface area contributed by atoms with Gasteiger partial charge in [-0.15, -0.1) is 56.7 Å². The highest BCUT2D eigenvalue weighted by molar-refractivity contribution is 9.10. The minimum absolute atomic E-state index is 0.0115. The number of halogens is 1. The standard InChI is InChI=1S/C29H42N2O5S.C25H35NO3S.C24H33NO3S.C21H30N2O4S.C12H13BrO2S/c1-19-9-11-20(12-10-19)25(32)31(21-14-16-30(18-21)27(34)36-29(5,6)7)23-17-22(13-15-28(2,3)4)37-24(23)26(33)35-8;1-17-10-12-18(13-11-17)23(27)26(19-8-6-7-9-19)21-16-20(14-15-25(2,3)4)30-22(21)24(28)29-5;1-16-9-11-17(12-10-16)22(26)25(18-7-5-6-8-18)20-15-19(13-14-24(2,3)4)29-21(20)23(27)28;1-20(2,3)10-8-15-12-16(17(28-15)18(24)26-7)22-14-9-11-23(13-14)19(25)27-21(4,5)6;1-12(2,3)6-5-8-7-9(13)10(16-8)11(14)15-4/h17,19-21H,9-12,14,16,18H2,1-8H3;16-19H,6-13H2,1-5H3;15-18H,5-12H2,1-4H3,(H,27,28);12,14,22H,9,11,13H2,1-7H3;7H,1-4H3/t19?,20?,21-;;;14-;/m0..0./s1. The molecule has 5 aliphatic carbocycles. The van der Waals surface area contributed by atoms with Crippen LogP contribution in [0.25, 0.3) is 0 Å². The molecule has 140 heavy (non-hydrogen) atoms. The van der Waals surface area contributed by atoms with Crippen LogP contribution in [-0.4, -0.2) is 165 Å². The van der Waals surface area contributed by atoms with Gasteiger partial charge in [0, 0.05) is 93.6 Å². The average molecular weight is 2080 g/mol. The highest BCUT2D eigenvalue weighted by Gasteiger charge is 2.44. The fourth-order valence-corrected chi connectivity index (χ4v) is 22.4. The van der Waals surface area contributed by atoms with Crippen LogP contribution in [0.1, 0.15) is 380 Å². The van der Waals surface area contributed by atoms with E-state index < -0.39 is 29.1 Å². The van der Waals surface area contributed by atoms with Gasteiger partial charge < -0.3 is 63.3 Å². The van der Waals surface area contributed by atoms with E-state index >= 15 is 0 Å². The van der Waals surface area contributed by atoms with E-state index in [-0.39, 0.29) is 116 Å². The number of ether oxygens (including phenoxy) is 6. The van der Waals surface area contributed by atoms with Crippen molar-refractivity contribution in [1.82, 2.24) is 9.80 Å². The SMILES string of the molecule is CC1CCC(C(=O)N(c2cc(C#CC(C)(C)C)sc2C(=O)O)C2CCCC2)CC1.COC(=O)c1sc(C#CC(C)(C)C)cc1Br.COC(=O)c1sc(C#CC(C)(C)C)cc1N(C(=O)C1CCC(C)CC1)C1CCCC1.COC(=O)c1sc(C#CC(C)(C)C)cc1N(C(=O)C1CCC(C)CC1)[C@H]1CCN(C(=O)OC(C)(C)C)C1.COC(=O)c1sc(C#CC(C)(C)C)cc1N[C@H]1CCN(C(=O)OC(C)(C)C)C1. The number of carboxylic acids is 1. The number of esters is 4. The molecule has 5 aromatic rings. The number of carboxylic acid groups (broad SMARTS) is 1. The molecule has 29 heteroatoms. The van der Waals surface area contributed by atoms with E-state index in [0.717, 1.165) is 159 Å². The van der Waals surface area contributed by atoms with E-state index in [2.05, 4.69) is 127 Å². The van der Waals surface area contributed by atoms with Gasteiger partial charge in [0.05, 0.1) is 81.6 Å². The molecule has 766 valence electrons. The molecule has 7 aliphatic rings. The number of hydrogen-bond acceptors (Lipinski definition) is 22. The quantitative estimate of drug-likeness (QED) is 0.0527. The molecule has 2 aliphatic heterocycles. The van der Waals surface area contributed by atoms with Crippen LogP contribution >= 0.6 is 72.6 Å². The van der Waals surface area contributed by atoms with Crippen molar-refractivity contribution in [2.24, 2.45) is 62.6 Å². The lowest BCUT2D eigenvalue weighted by atomic mass is 9.82. The molecule has 5 aromatic heterocycles. The zero-order chi connectivity index (χ0) is 104. The van der Waals surface area contributed by atoms with E-state index in [4.69, 9.17) is 23.7 Å². The van der Waals surface area contributed by atoms with Gasteiger partial charge >= 0.3 is 42.0 Å². The zero-order valence-corrected chi connectivity index (χ0v) is 93.8. The summed E-state index contributed by atoms with van der Waals surface area (Å²) in [6.45, 7) is 50.4. The summed E-state index contributed by atoms with van der Waals surface area (Å²) in [6, 6.07) is 9.40. The largest absolute Gasteiger partial charge is 0.477 e. The Hall–Kier alpha value is -9.12. The van der Waals surface area contributed by atoms with Crippen LogP contribution in [0.3, 0.4) is 0 Å². The van der Waals surface area contributed by atoms with Crippen LogP contribution in [0.2, 0.25) is 0 Å². The number of amides is 5. The minimum Gasteiger partial charge on any atom is -0.477 e. The second-order valence-electron chi connectivity index (χ2n) is 45.2. The Kier molecular flexibility index (Phi) is 42.2. The van der Waals surface area contributed by atoms with Crippen LogP contribution in [0.4, 0.5) is 32.3 Å². The molecule has 2 N–H and O–H groups in total. The van der Waals surface area contributed by atoms with Gasteiger partial charge in [-0.1, -0.05) is 106 Å². The first-order chi connectivity index (χ1) is 65.2. The summed E-state index contributed by atoms with van der Waals surface area (Å²) < 4.78 is 31.5. The molecular formula is C111H153BrN6O17S5. The Morgan fingerprint density at radius 2 is 0.636 bits per heavy atom. The second kappa shape index (κ2) is 50.9. The Morgan fingerprint density at radius 1 is 0.357 bits per heavy atom. The summed E-state index contributed by atoms with van der Waals surface area (Å²) in [7, 11) is 5.48. The Labute approximate surface area is 862 Å². The number of nitrogens with one attached hydrogen (secondary N) is 1. The summed E-state index contributed by atoms with van der Waals surface area (Å²) in [5.74, 6) is 31.4. The van der Waals surface area contributed by atoms with Gasteiger partial charge in [0.15, 0.2) is 0 Å². The van der Waals surface area contributed by atoms with Crippen molar-refractivity contribution in [2.45, 2.75) is 343 Å². The summed E-state index contributed by atoms with van der Waals surface area (Å²) in [5.41, 5.74) is 0.734. The third kappa shape index (κ3) is 36.3. The van der Waals surface area contributed by atoms with Crippen LogP contribution in [0.15, 0.2) is 34.8 Å². The Bertz CT molecular complexity index is 5490. The molecule has 0 unspecified atom stereocenters. The molecule has 0 aromatic carbocycles. The number of carbonyl (C=O) groups excluding carboxylic acids is 9. The fraction of sp³-hybridized carbons (Fsp3) is 0.640. The Balaban J connectivity index is 0.000000218.